The second kappa shape index (κ2) is 17.4. The number of nitrogens with zero attached hydrogens (tertiary/aromatic N) is 1. The van der Waals surface area contributed by atoms with Crippen molar-refractivity contribution in [2.45, 2.75) is 65.3 Å². The average Bonchev–Trinajstić information content (AvgIpc) is 2.91. The van der Waals surface area contributed by atoms with Gasteiger partial charge in [0.1, 0.15) is 24.7 Å². The highest BCUT2D eigenvalue weighted by Crippen LogP contribution is 2.15. The van der Waals surface area contributed by atoms with Crippen molar-refractivity contribution in [2.24, 2.45) is 17.6 Å². The van der Waals surface area contributed by atoms with Gasteiger partial charge < -0.3 is 37.1 Å². The van der Waals surface area contributed by atoms with E-state index in [4.69, 9.17) is 10.5 Å². The molecule has 1 aromatic carbocycles. The summed E-state index contributed by atoms with van der Waals surface area (Å²) >= 11 is 0. The maximum absolute atomic E-state index is 13.0. The summed E-state index contributed by atoms with van der Waals surface area (Å²) in [4.78, 5) is 73.4. The summed E-state index contributed by atoms with van der Waals surface area (Å²) in [5.74, 6) is -1.65. The normalized spacial score (nSPS) is 12.9. The van der Waals surface area contributed by atoms with E-state index in [0.29, 0.717) is 24.1 Å². The van der Waals surface area contributed by atoms with Gasteiger partial charge in [-0.05, 0) is 42.4 Å². The van der Waals surface area contributed by atoms with E-state index in [0.717, 1.165) is 0 Å². The van der Waals surface area contributed by atoms with Gasteiger partial charge in [-0.1, -0.05) is 39.8 Å². The van der Waals surface area contributed by atoms with Crippen molar-refractivity contribution >= 4 is 41.9 Å². The Balaban J connectivity index is 2.74. The van der Waals surface area contributed by atoms with Gasteiger partial charge in [0, 0.05) is 26.3 Å². The van der Waals surface area contributed by atoms with Gasteiger partial charge in [0.2, 0.25) is 24.1 Å². The third kappa shape index (κ3) is 11.7. The first-order chi connectivity index (χ1) is 19.3. The predicted molar refractivity (Wildman–Crippen MR) is 152 cm³/mol. The van der Waals surface area contributed by atoms with E-state index in [9.17, 15) is 28.8 Å². The van der Waals surface area contributed by atoms with Gasteiger partial charge in [-0.3, -0.25) is 24.1 Å². The Bertz CT molecular complexity index is 1050. The average molecular weight is 578 g/mol. The summed E-state index contributed by atoms with van der Waals surface area (Å²) in [6.07, 6.45) is 0.418. The van der Waals surface area contributed by atoms with Gasteiger partial charge in [-0.2, -0.15) is 0 Å². The molecule has 0 spiro atoms. The number of ether oxygens (including phenoxy) is 1. The fourth-order valence-corrected chi connectivity index (χ4v) is 4.02. The summed E-state index contributed by atoms with van der Waals surface area (Å²) in [6.45, 7) is 7.38. The van der Waals surface area contributed by atoms with Crippen LogP contribution in [0.5, 0.6) is 0 Å². The highest BCUT2D eigenvalue weighted by Gasteiger charge is 2.34. The lowest BCUT2D eigenvalue weighted by atomic mass is 9.99. The summed E-state index contributed by atoms with van der Waals surface area (Å²) in [5, 5.41) is 12.8. The Kier molecular flexibility index (Phi) is 14.7. The van der Waals surface area contributed by atoms with Crippen molar-refractivity contribution < 1.29 is 33.5 Å². The third-order valence-corrected chi connectivity index (χ3v) is 6.24. The molecule has 0 aliphatic heterocycles. The SMILES string of the molecule is CNC(=O)C(NC(=O)C(C(C)C)N(C)C(=O)OCc1ccc(NC(=O)C(CCCNC(N)=O)NC=O)cc1)C(C)C. The molecule has 0 saturated heterocycles. The van der Waals surface area contributed by atoms with Crippen LogP contribution in [-0.4, -0.2) is 79.9 Å². The number of anilines is 1. The number of hydrogen-bond acceptors (Lipinski definition) is 7. The van der Waals surface area contributed by atoms with E-state index in [1.807, 2.05) is 13.8 Å². The monoisotopic (exact) mass is 577 g/mol. The van der Waals surface area contributed by atoms with E-state index in [-0.39, 0.29) is 37.3 Å². The lowest BCUT2D eigenvalue weighted by Gasteiger charge is -2.31. The molecular formula is C27H43N7O7. The molecule has 0 bridgehead atoms. The Morgan fingerprint density at radius 2 is 1.61 bits per heavy atom. The maximum Gasteiger partial charge on any atom is 0.410 e. The van der Waals surface area contributed by atoms with Crippen molar-refractivity contribution in [3.8, 4) is 0 Å². The van der Waals surface area contributed by atoms with E-state index < -0.39 is 42.1 Å². The molecule has 14 nitrogen and oxygen atoms in total. The highest BCUT2D eigenvalue weighted by atomic mass is 16.6. The van der Waals surface area contributed by atoms with Gasteiger partial charge in [-0.15, -0.1) is 0 Å². The fourth-order valence-electron chi connectivity index (χ4n) is 4.02. The van der Waals surface area contributed by atoms with Crippen molar-refractivity contribution in [3.63, 3.8) is 0 Å². The number of nitrogens with two attached hydrogens (primary N) is 1. The lowest BCUT2D eigenvalue weighted by Crippen LogP contribution is -2.56. The minimum atomic E-state index is -0.870. The smallest absolute Gasteiger partial charge is 0.410 e. The summed E-state index contributed by atoms with van der Waals surface area (Å²) in [7, 11) is 2.95. The van der Waals surface area contributed by atoms with Crippen LogP contribution in [0.25, 0.3) is 0 Å². The summed E-state index contributed by atoms with van der Waals surface area (Å²) in [5.41, 5.74) is 6.11. The number of rotatable bonds is 16. The molecule has 0 aromatic heterocycles. The lowest BCUT2D eigenvalue weighted by molar-refractivity contribution is -0.133. The van der Waals surface area contributed by atoms with E-state index in [2.05, 4.69) is 26.6 Å². The molecule has 0 aliphatic rings. The first-order valence-electron chi connectivity index (χ1n) is 13.4. The van der Waals surface area contributed by atoms with Gasteiger partial charge in [0.15, 0.2) is 0 Å². The first kappa shape index (κ1) is 34.7. The molecule has 1 rings (SSSR count). The molecule has 0 heterocycles. The van der Waals surface area contributed by atoms with Gasteiger partial charge in [0.05, 0.1) is 0 Å². The van der Waals surface area contributed by atoms with Crippen molar-refractivity contribution in [3.05, 3.63) is 29.8 Å². The minimum absolute atomic E-state index is 0.0844. The number of hydrogen-bond donors (Lipinski definition) is 6. The number of primary amides is 1. The van der Waals surface area contributed by atoms with Crippen LogP contribution in [0.4, 0.5) is 15.3 Å². The van der Waals surface area contributed by atoms with Gasteiger partial charge >= 0.3 is 12.1 Å². The molecule has 228 valence electrons. The summed E-state index contributed by atoms with van der Waals surface area (Å²) < 4.78 is 5.41. The number of carbonyl (C=O) groups is 6. The van der Waals surface area contributed by atoms with Crippen LogP contribution in [0.1, 0.15) is 46.1 Å². The Morgan fingerprint density at radius 3 is 2.12 bits per heavy atom. The number of carbonyl (C=O) groups excluding carboxylic acids is 6. The van der Waals surface area contributed by atoms with E-state index in [1.54, 1.807) is 38.1 Å². The highest BCUT2D eigenvalue weighted by molar-refractivity contribution is 5.95. The molecule has 0 radical (unpaired) electrons. The Hall–Kier alpha value is -4.36. The molecule has 14 heteroatoms. The third-order valence-electron chi connectivity index (χ3n) is 6.24. The molecule has 41 heavy (non-hydrogen) atoms. The standard InChI is InChI=1S/C27H43N7O7/c1-16(2)21(24(37)29-5)33-25(38)22(17(3)4)34(6)27(40)41-14-18-9-11-19(12-10-18)32-23(36)20(31-15-35)8-7-13-30-26(28)39/h9-12,15-17,20-22H,7-8,13-14H2,1-6H3,(H,29,37)(H,31,35)(H,32,36)(H,33,38)(H3,28,30,39). The Morgan fingerprint density at radius 1 is 0.976 bits per heavy atom. The second-order valence-corrected chi connectivity index (χ2v) is 10.2. The fraction of sp³-hybridized carbons (Fsp3) is 0.556. The number of nitrogens with one attached hydrogen (secondary N) is 5. The molecule has 7 N–H and O–H groups in total. The van der Waals surface area contributed by atoms with Crippen LogP contribution >= 0.6 is 0 Å². The quantitative estimate of drug-likeness (QED) is 0.122. The molecular weight excluding hydrogens is 534 g/mol. The van der Waals surface area contributed by atoms with Crippen LogP contribution in [0.2, 0.25) is 0 Å². The van der Waals surface area contributed by atoms with Crippen LogP contribution in [-0.2, 0) is 30.5 Å². The number of amides is 7. The van der Waals surface area contributed by atoms with E-state index in [1.165, 1.54) is 19.0 Å². The minimum Gasteiger partial charge on any atom is -0.445 e. The van der Waals surface area contributed by atoms with E-state index >= 15 is 0 Å². The zero-order valence-electron chi connectivity index (χ0n) is 24.5. The number of likely N-dealkylation sites (N-methyl/N-ethyl adjacent to an activating group) is 2. The number of urea groups is 1. The maximum atomic E-state index is 13.0. The first-order valence-corrected chi connectivity index (χ1v) is 13.4. The molecule has 0 saturated carbocycles. The topological polar surface area (TPSA) is 201 Å². The zero-order valence-corrected chi connectivity index (χ0v) is 24.5. The predicted octanol–water partition coefficient (Wildman–Crippen LogP) is 0.668. The summed E-state index contributed by atoms with van der Waals surface area (Å²) in [6, 6.07) is 3.45. The van der Waals surface area contributed by atoms with Crippen molar-refractivity contribution in [2.75, 3.05) is 26.0 Å². The largest absolute Gasteiger partial charge is 0.445 e. The van der Waals surface area contributed by atoms with Crippen molar-refractivity contribution in [1.29, 1.82) is 0 Å². The molecule has 0 fully saturated rings. The van der Waals surface area contributed by atoms with Gasteiger partial charge in [-0.25, -0.2) is 9.59 Å². The molecule has 3 atom stereocenters. The van der Waals surface area contributed by atoms with Crippen LogP contribution < -0.4 is 32.3 Å². The number of benzene rings is 1. The van der Waals surface area contributed by atoms with Crippen LogP contribution in [0.15, 0.2) is 24.3 Å². The molecule has 1 aromatic rings. The zero-order chi connectivity index (χ0) is 31.1. The Labute approximate surface area is 240 Å². The molecule has 7 amide bonds. The van der Waals surface area contributed by atoms with Crippen LogP contribution in [0.3, 0.4) is 0 Å². The molecule has 0 aliphatic carbocycles. The van der Waals surface area contributed by atoms with Crippen LogP contribution in [0, 0.1) is 11.8 Å². The second-order valence-electron chi connectivity index (χ2n) is 10.2. The van der Waals surface area contributed by atoms with Crippen molar-refractivity contribution in [1.82, 2.24) is 26.2 Å². The van der Waals surface area contributed by atoms with Gasteiger partial charge in [0.25, 0.3) is 0 Å². The molecule has 3 unspecified atom stereocenters.